The molecular weight excluding hydrogens is 278 g/mol. The van der Waals surface area contributed by atoms with Crippen molar-refractivity contribution < 1.29 is 14.3 Å². The molecule has 0 aliphatic carbocycles. The molecular formula is C18H27NO3. The molecule has 1 aliphatic rings. The fourth-order valence-electron chi connectivity index (χ4n) is 3.04. The van der Waals surface area contributed by atoms with Crippen LogP contribution in [0.2, 0.25) is 0 Å². The van der Waals surface area contributed by atoms with Gasteiger partial charge in [0.2, 0.25) is 0 Å². The van der Waals surface area contributed by atoms with Gasteiger partial charge in [-0.25, -0.2) is 0 Å². The van der Waals surface area contributed by atoms with Crippen LogP contribution in [0.25, 0.3) is 0 Å². The van der Waals surface area contributed by atoms with Gasteiger partial charge in [0.1, 0.15) is 5.75 Å². The highest BCUT2D eigenvalue weighted by molar-refractivity contribution is 5.81. The van der Waals surface area contributed by atoms with Crippen molar-refractivity contribution in [2.24, 2.45) is 0 Å². The number of benzene rings is 1. The number of nitrogens with zero attached hydrogens (tertiary/aromatic N) is 1. The summed E-state index contributed by atoms with van der Waals surface area (Å²) < 4.78 is 11.7. The lowest BCUT2D eigenvalue weighted by atomic mass is 10.1. The Balaban J connectivity index is 2.08. The van der Waals surface area contributed by atoms with E-state index >= 15 is 0 Å². The van der Waals surface area contributed by atoms with E-state index in [2.05, 4.69) is 6.07 Å². The number of morpholine rings is 1. The lowest BCUT2D eigenvalue weighted by molar-refractivity contribution is -0.150. The van der Waals surface area contributed by atoms with E-state index in [1.165, 1.54) is 0 Å². The molecule has 3 unspecified atom stereocenters. The molecule has 1 heterocycles. The zero-order valence-corrected chi connectivity index (χ0v) is 14.3. The van der Waals surface area contributed by atoms with E-state index < -0.39 is 6.10 Å². The zero-order valence-electron chi connectivity index (χ0n) is 14.3. The maximum Gasteiger partial charge on any atom is 0.263 e. The monoisotopic (exact) mass is 305 g/mol. The van der Waals surface area contributed by atoms with E-state index in [1.54, 1.807) is 0 Å². The van der Waals surface area contributed by atoms with Crippen LogP contribution in [0.5, 0.6) is 5.75 Å². The van der Waals surface area contributed by atoms with Crippen molar-refractivity contribution in [2.45, 2.75) is 59.4 Å². The van der Waals surface area contributed by atoms with E-state index in [0.29, 0.717) is 19.5 Å². The van der Waals surface area contributed by atoms with Gasteiger partial charge in [0, 0.05) is 13.1 Å². The van der Waals surface area contributed by atoms with Crippen molar-refractivity contribution in [1.82, 2.24) is 4.90 Å². The van der Waals surface area contributed by atoms with Crippen LogP contribution < -0.4 is 4.74 Å². The summed E-state index contributed by atoms with van der Waals surface area (Å²) in [5.41, 5.74) is 2.29. The summed E-state index contributed by atoms with van der Waals surface area (Å²) in [5, 5.41) is 0. The molecule has 1 aromatic rings. The van der Waals surface area contributed by atoms with Crippen molar-refractivity contribution >= 4 is 5.91 Å². The van der Waals surface area contributed by atoms with Crippen molar-refractivity contribution in [2.75, 3.05) is 13.1 Å². The van der Waals surface area contributed by atoms with Crippen LogP contribution in [0, 0.1) is 13.8 Å². The first kappa shape index (κ1) is 16.8. The van der Waals surface area contributed by atoms with Crippen LogP contribution in [-0.2, 0) is 9.53 Å². The highest BCUT2D eigenvalue weighted by Crippen LogP contribution is 2.20. The smallest absolute Gasteiger partial charge is 0.263 e. The second kappa shape index (κ2) is 7.14. The summed E-state index contributed by atoms with van der Waals surface area (Å²) >= 11 is 0. The van der Waals surface area contributed by atoms with Gasteiger partial charge in [-0.15, -0.1) is 0 Å². The Kier molecular flexibility index (Phi) is 5.46. The zero-order chi connectivity index (χ0) is 16.3. The SMILES string of the molecule is CCC(Oc1cc(C)cc(C)c1)C(=O)N1CC(C)OC(C)C1. The molecule has 1 aromatic carbocycles. The van der Waals surface area contributed by atoms with Crippen LogP contribution in [0.3, 0.4) is 0 Å². The largest absolute Gasteiger partial charge is 0.481 e. The lowest BCUT2D eigenvalue weighted by Gasteiger charge is -2.37. The number of hydrogen-bond donors (Lipinski definition) is 0. The van der Waals surface area contributed by atoms with E-state index in [0.717, 1.165) is 16.9 Å². The second-order valence-electron chi connectivity index (χ2n) is 6.34. The molecule has 3 atom stereocenters. The Hall–Kier alpha value is -1.55. The molecule has 0 spiro atoms. The average molecular weight is 305 g/mol. The first-order valence-corrected chi connectivity index (χ1v) is 8.08. The van der Waals surface area contributed by atoms with Gasteiger partial charge in [-0.3, -0.25) is 4.79 Å². The molecule has 0 saturated carbocycles. The number of carbonyl (C=O) groups excluding carboxylic acids is 1. The number of ether oxygens (including phenoxy) is 2. The first-order valence-electron chi connectivity index (χ1n) is 8.08. The molecule has 0 bridgehead atoms. The van der Waals surface area contributed by atoms with Crippen LogP contribution in [0.1, 0.15) is 38.3 Å². The summed E-state index contributed by atoms with van der Waals surface area (Å²) in [5.74, 6) is 0.829. The summed E-state index contributed by atoms with van der Waals surface area (Å²) in [6, 6.07) is 6.06. The minimum atomic E-state index is -0.432. The third-order valence-corrected chi connectivity index (χ3v) is 3.85. The van der Waals surface area contributed by atoms with E-state index in [1.807, 2.05) is 51.7 Å². The minimum Gasteiger partial charge on any atom is -0.481 e. The topological polar surface area (TPSA) is 38.8 Å². The quantitative estimate of drug-likeness (QED) is 0.858. The van der Waals surface area contributed by atoms with Gasteiger partial charge in [0.25, 0.3) is 5.91 Å². The number of aryl methyl sites for hydroxylation is 2. The number of hydrogen-bond acceptors (Lipinski definition) is 3. The Morgan fingerprint density at radius 3 is 2.27 bits per heavy atom. The van der Waals surface area contributed by atoms with Crippen LogP contribution in [-0.4, -0.2) is 42.2 Å². The van der Waals surface area contributed by atoms with Gasteiger partial charge in [-0.2, -0.15) is 0 Å². The van der Waals surface area contributed by atoms with Crippen LogP contribution in [0.4, 0.5) is 0 Å². The Bertz CT molecular complexity index is 499. The van der Waals surface area contributed by atoms with Gasteiger partial charge in [0.05, 0.1) is 12.2 Å². The van der Waals surface area contributed by atoms with Crippen molar-refractivity contribution in [3.8, 4) is 5.75 Å². The number of rotatable bonds is 4. The fourth-order valence-corrected chi connectivity index (χ4v) is 3.04. The molecule has 4 heteroatoms. The van der Waals surface area contributed by atoms with Gasteiger partial charge < -0.3 is 14.4 Å². The predicted molar refractivity (Wildman–Crippen MR) is 87.2 cm³/mol. The van der Waals surface area contributed by atoms with E-state index in [9.17, 15) is 4.79 Å². The van der Waals surface area contributed by atoms with Gasteiger partial charge in [-0.05, 0) is 57.4 Å². The summed E-state index contributed by atoms with van der Waals surface area (Å²) in [7, 11) is 0. The molecule has 0 N–H and O–H groups in total. The highest BCUT2D eigenvalue weighted by Gasteiger charge is 2.30. The van der Waals surface area contributed by atoms with Crippen molar-refractivity contribution in [1.29, 1.82) is 0 Å². The van der Waals surface area contributed by atoms with Crippen LogP contribution in [0.15, 0.2) is 18.2 Å². The molecule has 122 valence electrons. The Morgan fingerprint density at radius 2 is 1.77 bits per heavy atom. The Morgan fingerprint density at radius 1 is 1.23 bits per heavy atom. The molecule has 1 fully saturated rings. The van der Waals surface area contributed by atoms with Gasteiger partial charge in [-0.1, -0.05) is 13.0 Å². The van der Waals surface area contributed by atoms with E-state index in [-0.39, 0.29) is 18.1 Å². The second-order valence-corrected chi connectivity index (χ2v) is 6.34. The molecule has 22 heavy (non-hydrogen) atoms. The fraction of sp³-hybridized carbons (Fsp3) is 0.611. The van der Waals surface area contributed by atoms with Gasteiger partial charge in [0.15, 0.2) is 6.10 Å². The van der Waals surface area contributed by atoms with Gasteiger partial charge >= 0.3 is 0 Å². The molecule has 0 radical (unpaired) electrons. The predicted octanol–water partition coefficient (Wildman–Crippen LogP) is 3.10. The lowest BCUT2D eigenvalue weighted by Crippen LogP contribution is -2.52. The summed E-state index contributed by atoms with van der Waals surface area (Å²) in [6.07, 6.45) is 0.378. The molecule has 2 rings (SSSR count). The van der Waals surface area contributed by atoms with Crippen LogP contribution >= 0.6 is 0 Å². The number of carbonyl (C=O) groups is 1. The summed E-state index contributed by atoms with van der Waals surface area (Å²) in [6.45, 7) is 11.3. The molecule has 4 nitrogen and oxygen atoms in total. The first-order chi connectivity index (χ1) is 10.4. The molecule has 1 saturated heterocycles. The van der Waals surface area contributed by atoms with Crippen molar-refractivity contribution in [3.05, 3.63) is 29.3 Å². The Labute approximate surface area is 133 Å². The molecule has 0 aromatic heterocycles. The summed E-state index contributed by atoms with van der Waals surface area (Å²) in [4.78, 5) is 14.6. The average Bonchev–Trinajstić information content (AvgIpc) is 2.42. The maximum atomic E-state index is 12.7. The molecule has 1 amide bonds. The third kappa shape index (κ3) is 4.23. The van der Waals surface area contributed by atoms with Crippen molar-refractivity contribution in [3.63, 3.8) is 0 Å². The number of amides is 1. The normalized spacial score (nSPS) is 23.2. The maximum absolute atomic E-state index is 12.7. The van der Waals surface area contributed by atoms with E-state index in [4.69, 9.17) is 9.47 Å². The highest BCUT2D eigenvalue weighted by atomic mass is 16.5. The third-order valence-electron chi connectivity index (χ3n) is 3.85. The molecule has 1 aliphatic heterocycles. The minimum absolute atomic E-state index is 0.0589. The standard InChI is InChI=1S/C18H27NO3/c1-6-17(22-16-8-12(2)7-13(3)9-16)18(20)19-10-14(4)21-15(5)11-19/h7-9,14-15,17H,6,10-11H2,1-5H3.